The van der Waals surface area contributed by atoms with E-state index >= 15 is 0 Å². The first-order chi connectivity index (χ1) is 16.9. The van der Waals surface area contributed by atoms with Crippen LogP contribution in [0.15, 0.2) is 36.7 Å². The summed E-state index contributed by atoms with van der Waals surface area (Å²) in [6.07, 6.45) is 7.38. The van der Waals surface area contributed by atoms with E-state index in [4.69, 9.17) is 11.6 Å². The monoisotopic (exact) mass is 497 g/mol. The van der Waals surface area contributed by atoms with Crippen molar-refractivity contribution < 1.29 is 14.4 Å². The van der Waals surface area contributed by atoms with Crippen LogP contribution in [0.1, 0.15) is 49.9 Å². The summed E-state index contributed by atoms with van der Waals surface area (Å²) in [5.74, 6) is 0.444. The molecule has 9 heteroatoms. The number of halogens is 1. The number of carbonyl (C=O) groups excluding carboxylic acids is 3. The first-order valence-corrected chi connectivity index (χ1v) is 12.8. The van der Waals surface area contributed by atoms with Crippen molar-refractivity contribution in [1.82, 2.24) is 24.3 Å². The van der Waals surface area contributed by atoms with Gasteiger partial charge in [0.1, 0.15) is 5.82 Å². The van der Waals surface area contributed by atoms with Gasteiger partial charge in [0.2, 0.25) is 17.7 Å². The van der Waals surface area contributed by atoms with Crippen molar-refractivity contribution >= 4 is 29.3 Å². The quantitative estimate of drug-likeness (QED) is 0.573. The molecule has 3 fully saturated rings. The third kappa shape index (κ3) is 4.49. The second-order valence-corrected chi connectivity index (χ2v) is 10.4. The second kappa shape index (κ2) is 9.74. The molecule has 1 aliphatic carbocycles. The van der Waals surface area contributed by atoms with Crippen LogP contribution in [0.3, 0.4) is 0 Å². The summed E-state index contributed by atoms with van der Waals surface area (Å²) in [4.78, 5) is 50.6. The van der Waals surface area contributed by atoms with Crippen molar-refractivity contribution in [2.45, 2.75) is 56.5 Å². The number of rotatable bonds is 6. The highest BCUT2D eigenvalue weighted by Crippen LogP contribution is 2.45. The number of carbonyl (C=O) groups is 3. The number of aromatic nitrogens is 2. The summed E-state index contributed by atoms with van der Waals surface area (Å²) in [5.41, 5.74) is -0.651. The molecule has 3 aliphatic rings. The van der Waals surface area contributed by atoms with Crippen LogP contribution in [-0.4, -0.2) is 74.2 Å². The molecular formula is C26H32ClN5O3. The average Bonchev–Trinajstić information content (AvgIpc) is 3.56. The molecule has 0 radical (unpaired) electrons. The minimum absolute atomic E-state index is 0.00305. The summed E-state index contributed by atoms with van der Waals surface area (Å²) in [6.45, 7) is 3.36. The molecule has 3 amide bonds. The van der Waals surface area contributed by atoms with Gasteiger partial charge >= 0.3 is 0 Å². The second-order valence-electron chi connectivity index (χ2n) is 10.0. The van der Waals surface area contributed by atoms with Crippen molar-refractivity contribution in [1.29, 1.82) is 0 Å². The van der Waals surface area contributed by atoms with Crippen LogP contribution >= 0.6 is 11.6 Å². The average molecular weight is 498 g/mol. The molecular weight excluding hydrogens is 466 g/mol. The van der Waals surface area contributed by atoms with E-state index in [1.807, 2.05) is 28.8 Å². The van der Waals surface area contributed by atoms with Gasteiger partial charge in [-0.05, 0) is 24.5 Å². The fourth-order valence-corrected chi connectivity index (χ4v) is 6.18. The Labute approximate surface area is 210 Å². The normalized spacial score (nSPS) is 24.1. The predicted octanol–water partition coefficient (Wildman–Crippen LogP) is 2.75. The van der Waals surface area contributed by atoms with Gasteiger partial charge in [0.05, 0.1) is 12.0 Å². The number of imide groups is 1. The molecule has 5 rings (SSSR count). The van der Waals surface area contributed by atoms with Gasteiger partial charge in [-0.1, -0.05) is 42.6 Å². The summed E-state index contributed by atoms with van der Waals surface area (Å²) < 4.78 is 2.00. The van der Waals surface area contributed by atoms with E-state index in [1.54, 1.807) is 24.4 Å². The molecule has 0 bridgehead atoms. The highest BCUT2D eigenvalue weighted by Gasteiger charge is 2.56. The minimum atomic E-state index is -1.24. The molecule has 1 aromatic carbocycles. The third-order valence-corrected chi connectivity index (χ3v) is 8.22. The molecule has 1 saturated carbocycles. The topological polar surface area (TPSA) is 78.8 Å². The number of nitrogens with zero attached hydrogens (tertiary/aromatic N) is 5. The largest absolute Gasteiger partial charge is 0.340 e. The van der Waals surface area contributed by atoms with Crippen LogP contribution in [0.25, 0.3) is 0 Å². The van der Waals surface area contributed by atoms with Crippen molar-refractivity contribution in [2.24, 2.45) is 7.05 Å². The lowest BCUT2D eigenvalue weighted by molar-refractivity contribution is -0.145. The smallest absolute Gasteiger partial charge is 0.241 e. The van der Waals surface area contributed by atoms with E-state index in [9.17, 15) is 14.4 Å². The number of likely N-dealkylation sites (tertiary alicyclic amines) is 1. The number of benzene rings is 1. The first kappa shape index (κ1) is 24.0. The van der Waals surface area contributed by atoms with Gasteiger partial charge in [-0.15, -0.1) is 0 Å². The Kier molecular flexibility index (Phi) is 6.68. The van der Waals surface area contributed by atoms with Gasteiger partial charge in [-0.25, -0.2) is 4.98 Å². The molecule has 35 heavy (non-hydrogen) atoms. The van der Waals surface area contributed by atoms with Crippen molar-refractivity contribution in [2.75, 3.05) is 26.2 Å². The van der Waals surface area contributed by atoms with Crippen molar-refractivity contribution in [3.8, 4) is 0 Å². The Morgan fingerprint density at radius 2 is 1.83 bits per heavy atom. The van der Waals surface area contributed by atoms with Crippen LogP contribution in [0.4, 0.5) is 0 Å². The Hall–Kier alpha value is -2.71. The zero-order valence-corrected chi connectivity index (χ0v) is 20.9. The molecule has 1 atom stereocenters. The lowest BCUT2D eigenvalue weighted by Gasteiger charge is -2.37. The Morgan fingerprint density at radius 1 is 1.11 bits per heavy atom. The van der Waals surface area contributed by atoms with Gasteiger partial charge in [0, 0.05) is 69.5 Å². The molecule has 3 heterocycles. The highest BCUT2D eigenvalue weighted by atomic mass is 35.5. The fraction of sp³-hybridized carbons (Fsp3) is 0.538. The Bertz CT molecular complexity index is 1120. The number of imidazole rings is 1. The van der Waals surface area contributed by atoms with E-state index in [2.05, 4.69) is 9.88 Å². The zero-order chi connectivity index (χ0) is 24.6. The zero-order valence-electron chi connectivity index (χ0n) is 20.2. The third-order valence-electron chi connectivity index (χ3n) is 7.89. The molecule has 0 N–H and O–H groups in total. The maximum Gasteiger partial charge on any atom is 0.241 e. The van der Waals surface area contributed by atoms with Crippen LogP contribution in [0.5, 0.6) is 0 Å². The standard InChI is InChI=1S/C26H32ClN5O3/c1-29-11-10-28-22(29)18-30-12-14-31(15-13-30)23(33)16-26(20-8-4-5-9-21(20)27)17-24(34)32(25(26)35)19-6-2-3-7-19/h4-5,8-11,19H,2-3,6-7,12-18H2,1H3/t26-/m0/s1. The van der Waals surface area contributed by atoms with E-state index in [-0.39, 0.29) is 36.6 Å². The van der Waals surface area contributed by atoms with Gasteiger partial charge in [0.25, 0.3) is 0 Å². The van der Waals surface area contributed by atoms with Crippen molar-refractivity contribution in [3.05, 3.63) is 53.1 Å². The molecule has 2 aliphatic heterocycles. The van der Waals surface area contributed by atoms with E-state index in [0.29, 0.717) is 23.7 Å². The van der Waals surface area contributed by atoms with Crippen LogP contribution in [-0.2, 0) is 33.4 Å². The minimum Gasteiger partial charge on any atom is -0.340 e. The molecule has 1 aromatic heterocycles. The van der Waals surface area contributed by atoms with Gasteiger partial charge in [-0.3, -0.25) is 24.2 Å². The number of aryl methyl sites for hydroxylation is 1. The molecule has 2 saturated heterocycles. The van der Waals surface area contributed by atoms with Crippen LogP contribution < -0.4 is 0 Å². The Balaban J connectivity index is 1.34. The summed E-state index contributed by atoms with van der Waals surface area (Å²) in [5, 5.41) is 0.426. The van der Waals surface area contributed by atoms with E-state index < -0.39 is 5.41 Å². The molecule has 2 aromatic rings. The first-order valence-electron chi connectivity index (χ1n) is 12.5. The summed E-state index contributed by atoms with van der Waals surface area (Å²) in [7, 11) is 1.98. The van der Waals surface area contributed by atoms with E-state index in [1.165, 1.54) is 4.90 Å². The maximum atomic E-state index is 13.9. The molecule has 186 valence electrons. The van der Waals surface area contributed by atoms with Crippen molar-refractivity contribution in [3.63, 3.8) is 0 Å². The number of amides is 3. The highest BCUT2D eigenvalue weighted by molar-refractivity contribution is 6.32. The fourth-order valence-electron chi connectivity index (χ4n) is 5.86. The maximum absolute atomic E-state index is 13.9. The number of hydrogen-bond donors (Lipinski definition) is 0. The number of piperazine rings is 1. The SMILES string of the molecule is Cn1ccnc1CN1CCN(C(=O)C[C@@]2(c3ccccc3Cl)CC(=O)N(C3CCCC3)C2=O)CC1. The lowest BCUT2D eigenvalue weighted by atomic mass is 9.75. The van der Waals surface area contributed by atoms with Crippen LogP contribution in [0.2, 0.25) is 5.02 Å². The van der Waals surface area contributed by atoms with Gasteiger partial charge < -0.3 is 9.47 Å². The lowest BCUT2D eigenvalue weighted by Crippen LogP contribution is -2.51. The predicted molar refractivity (Wildman–Crippen MR) is 132 cm³/mol. The van der Waals surface area contributed by atoms with Crippen LogP contribution in [0, 0.1) is 0 Å². The molecule has 8 nitrogen and oxygen atoms in total. The Morgan fingerprint density at radius 3 is 2.49 bits per heavy atom. The summed E-state index contributed by atoms with van der Waals surface area (Å²) >= 11 is 6.56. The molecule has 0 spiro atoms. The molecule has 0 unspecified atom stereocenters. The number of hydrogen-bond acceptors (Lipinski definition) is 5. The van der Waals surface area contributed by atoms with Gasteiger partial charge in [-0.2, -0.15) is 0 Å². The van der Waals surface area contributed by atoms with Gasteiger partial charge in [0.15, 0.2) is 0 Å². The summed E-state index contributed by atoms with van der Waals surface area (Å²) in [6, 6.07) is 7.08. The van der Waals surface area contributed by atoms with E-state index in [0.717, 1.165) is 51.1 Å².